The molecule has 174 valence electrons. The molecule has 0 aromatic carbocycles. The molecule has 0 saturated carbocycles. The van der Waals surface area contributed by atoms with Crippen LogP contribution in [0.1, 0.15) is 32.3 Å². The predicted molar refractivity (Wildman–Crippen MR) is 111 cm³/mol. The van der Waals surface area contributed by atoms with Crippen molar-refractivity contribution >= 4 is 23.1 Å². The Hall–Kier alpha value is -3.19. The second-order valence-corrected chi connectivity index (χ2v) is 8.16. The van der Waals surface area contributed by atoms with Crippen LogP contribution < -0.4 is 15.4 Å². The summed E-state index contributed by atoms with van der Waals surface area (Å²) in [5, 5.41) is 5.59. The minimum atomic E-state index is -4.58. The summed E-state index contributed by atoms with van der Waals surface area (Å²) in [6.45, 7) is 2.27. The summed E-state index contributed by atoms with van der Waals surface area (Å²) in [6.07, 6.45) is -3.13. The lowest BCUT2D eigenvalue weighted by Gasteiger charge is -2.14. The number of aryl methyl sites for hydroxylation is 1. The number of amides is 1. The van der Waals surface area contributed by atoms with Crippen molar-refractivity contribution in [2.24, 2.45) is 0 Å². The molecule has 33 heavy (non-hydrogen) atoms. The van der Waals surface area contributed by atoms with E-state index in [1.54, 1.807) is 13.0 Å². The second kappa shape index (κ2) is 9.35. The first-order valence-corrected chi connectivity index (χ1v) is 10.6. The molecule has 1 fully saturated rings. The van der Waals surface area contributed by atoms with E-state index < -0.39 is 30.1 Å². The fourth-order valence-corrected chi connectivity index (χ4v) is 4.08. The van der Waals surface area contributed by atoms with Crippen LogP contribution in [0, 0.1) is 6.92 Å². The summed E-state index contributed by atoms with van der Waals surface area (Å²) in [4.78, 5) is 24.7. The fraction of sp³-hybridized carbons (Fsp3) is 0.350. The monoisotopic (exact) mass is 482 g/mol. The van der Waals surface area contributed by atoms with Crippen LogP contribution in [0.25, 0.3) is 0 Å². The van der Waals surface area contributed by atoms with E-state index in [9.17, 15) is 22.4 Å². The summed E-state index contributed by atoms with van der Waals surface area (Å²) in [6, 6.07) is 3.10. The standard InChI is InChI=1S/C20H18F4N6O2S/c1-10-18(15(33-30-10)4-12-6-27-16(9-26-12)20(22,23)24)19(31)29-11-2-3-17(28-5-11)32-14-8-25-7-13(14)21/h2-3,5-6,9,13-14,25H,4,7-8H2,1H3,(H,29,31)/t13-,14+/m0/s1. The first-order chi connectivity index (χ1) is 15.7. The van der Waals surface area contributed by atoms with Crippen molar-refractivity contribution in [2.45, 2.75) is 31.8 Å². The van der Waals surface area contributed by atoms with E-state index >= 15 is 0 Å². The smallest absolute Gasteiger partial charge is 0.434 e. The maximum Gasteiger partial charge on any atom is 0.434 e. The van der Waals surface area contributed by atoms with Crippen molar-refractivity contribution in [2.75, 3.05) is 18.4 Å². The van der Waals surface area contributed by atoms with E-state index in [0.717, 1.165) is 17.7 Å². The van der Waals surface area contributed by atoms with Crippen molar-refractivity contribution in [1.29, 1.82) is 0 Å². The number of ether oxygens (including phenoxy) is 1. The number of hydrogen-bond acceptors (Lipinski definition) is 8. The van der Waals surface area contributed by atoms with E-state index in [4.69, 9.17) is 4.74 Å². The molecule has 4 heterocycles. The van der Waals surface area contributed by atoms with Gasteiger partial charge in [-0.2, -0.15) is 17.5 Å². The number of nitrogens with one attached hydrogen (secondary N) is 2. The third kappa shape index (κ3) is 5.42. The van der Waals surface area contributed by atoms with Gasteiger partial charge in [0.15, 0.2) is 11.9 Å². The quantitative estimate of drug-likeness (QED) is 0.521. The minimum Gasteiger partial charge on any atom is -0.470 e. The molecule has 0 spiro atoms. The number of nitrogens with zero attached hydrogens (tertiary/aromatic N) is 4. The van der Waals surface area contributed by atoms with Crippen LogP contribution in [-0.4, -0.2) is 50.6 Å². The molecule has 1 aliphatic rings. The summed E-state index contributed by atoms with van der Waals surface area (Å²) in [5.41, 5.74) is 0.356. The largest absolute Gasteiger partial charge is 0.470 e. The van der Waals surface area contributed by atoms with Gasteiger partial charge in [0.2, 0.25) is 5.88 Å². The van der Waals surface area contributed by atoms with Crippen molar-refractivity contribution in [1.82, 2.24) is 24.6 Å². The van der Waals surface area contributed by atoms with Gasteiger partial charge in [0.1, 0.15) is 6.10 Å². The number of halogens is 4. The maximum atomic E-state index is 13.7. The molecule has 8 nitrogen and oxygen atoms in total. The molecule has 0 bridgehead atoms. The van der Waals surface area contributed by atoms with Crippen molar-refractivity contribution in [3.8, 4) is 5.88 Å². The number of aromatic nitrogens is 4. The summed E-state index contributed by atoms with van der Waals surface area (Å²) in [5.74, 6) is -0.213. The van der Waals surface area contributed by atoms with E-state index in [1.165, 1.54) is 12.3 Å². The van der Waals surface area contributed by atoms with Crippen LogP contribution in [0.5, 0.6) is 5.88 Å². The number of rotatable bonds is 6. The van der Waals surface area contributed by atoms with Gasteiger partial charge in [-0.1, -0.05) is 0 Å². The Balaban J connectivity index is 1.43. The molecule has 13 heteroatoms. The third-order valence-electron chi connectivity index (χ3n) is 4.85. The molecule has 1 saturated heterocycles. The van der Waals surface area contributed by atoms with Crippen molar-refractivity contribution < 1.29 is 27.1 Å². The van der Waals surface area contributed by atoms with Crippen LogP contribution in [-0.2, 0) is 12.6 Å². The summed E-state index contributed by atoms with van der Waals surface area (Å²) in [7, 11) is 0. The van der Waals surface area contributed by atoms with Crippen LogP contribution in [0.2, 0.25) is 0 Å². The first-order valence-electron chi connectivity index (χ1n) is 9.83. The maximum absolute atomic E-state index is 13.7. The van der Waals surface area contributed by atoms with E-state index in [2.05, 4.69) is 30.0 Å². The fourth-order valence-electron chi connectivity index (χ4n) is 3.20. The van der Waals surface area contributed by atoms with Gasteiger partial charge in [-0.3, -0.25) is 9.78 Å². The average Bonchev–Trinajstić information content (AvgIpc) is 3.34. The SMILES string of the molecule is Cc1nsc(Cc2cnc(C(F)(F)F)cn2)c1C(=O)Nc1ccc(O[C@@H]2CNC[C@@H]2F)nc1. The minimum absolute atomic E-state index is 0.101. The molecule has 0 unspecified atom stereocenters. The molecule has 3 aromatic heterocycles. The van der Waals surface area contributed by atoms with E-state index in [1.807, 2.05) is 0 Å². The van der Waals surface area contributed by atoms with Gasteiger partial charge in [-0.05, 0) is 24.5 Å². The Bertz CT molecular complexity index is 1120. The van der Waals surface area contributed by atoms with Gasteiger partial charge in [0.25, 0.3) is 5.91 Å². The Morgan fingerprint density at radius 2 is 2.03 bits per heavy atom. The average molecular weight is 482 g/mol. The highest BCUT2D eigenvalue weighted by molar-refractivity contribution is 7.06. The number of carbonyl (C=O) groups excluding carboxylic acids is 1. The molecule has 2 N–H and O–H groups in total. The van der Waals surface area contributed by atoms with Gasteiger partial charge >= 0.3 is 6.18 Å². The molecule has 1 amide bonds. The lowest BCUT2D eigenvalue weighted by atomic mass is 10.1. The number of anilines is 1. The van der Waals surface area contributed by atoms with Gasteiger partial charge < -0.3 is 15.4 Å². The van der Waals surface area contributed by atoms with Crippen LogP contribution >= 0.6 is 11.5 Å². The Kier molecular flexibility index (Phi) is 6.51. The Morgan fingerprint density at radius 1 is 1.21 bits per heavy atom. The summed E-state index contributed by atoms with van der Waals surface area (Å²) < 4.78 is 61.4. The molecular formula is C20H18F4N6O2S. The van der Waals surface area contributed by atoms with Gasteiger partial charge in [0.05, 0.1) is 35.0 Å². The summed E-state index contributed by atoms with van der Waals surface area (Å²) >= 11 is 1.06. The highest BCUT2D eigenvalue weighted by atomic mass is 32.1. The van der Waals surface area contributed by atoms with Crippen LogP contribution in [0.3, 0.4) is 0 Å². The van der Waals surface area contributed by atoms with Crippen molar-refractivity contribution in [3.05, 3.63) is 58.2 Å². The lowest BCUT2D eigenvalue weighted by Crippen LogP contribution is -2.27. The highest BCUT2D eigenvalue weighted by Gasteiger charge is 2.33. The van der Waals surface area contributed by atoms with Crippen molar-refractivity contribution in [3.63, 3.8) is 0 Å². The third-order valence-corrected chi connectivity index (χ3v) is 5.79. The molecule has 3 aromatic rings. The van der Waals surface area contributed by atoms with E-state index in [-0.39, 0.29) is 24.5 Å². The number of carbonyl (C=O) groups is 1. The second-order valence-electron chi connectivity index (χ2n) is 7.30. The zero-order valence-electron chi connectivity index (χ0n) is 17.2. The van der Waals surface area contributed by atoms with Gasteiger partial charge in [-0.15, -0.1) is 0 Å². The Morgan fingerprint density at radius 3 is 2.64 bits per heavy atom. The van der Waals surface area contributed by atoms with E-state index in [0.29, 0.717) is 34.6 Å². The lowest BCUT2D eigenvalue weighted by molar-refractivity contribution is -0.141. The highest BCUT2D eigenvalue weighted by Crippen LogP contribution is 2.27. The molecular weight excluding hydrogens is 464 g/mol. The number of alkyl halides is 4. The molecule has 0 aliphatic carbocycles. The number of hydrogen-bond donors (Lipinski definition) is 2. The zero-order chi connectivity index (χ0) is 23.6. The topological polar surface area (TPSA) is 102 Å². The Labute approximate surface area is 189 Å². The molecule has 0 radical (unpaired) electrons. The van der Waals surface area contributed by atoms with Crippen LogP contribution in [0.15, 0.2) is 30.7 Å². The predicted octanol–water partition coefficient (Wildman–Crippen LogP) is 3.19. The number of pyridine rings is 1. The van der Waals surface area contributed by atoms with Gasteiger partial charge in [0, 0.05) is 36.7 Å². The zero-order valence-corrected chi connectivity index (χ0v) is 18.0. The first kappa shape index (κ1) is 23.0. The van der Waals surface area contributed by atoms with Gasteiger partial charge in [-0.25, -0.2) is 14.4 Å². The molecule has 4 rings (SSSR count). The van der Waals surface area contributed by atoms with Crippen LogP contribution in [0.4, 0.5) is 23.2 Å². The normalized spacial score (nSPS) is 18.3. The molecule has 1 aliphatic heterocycles. The molecule has 2 atom stereocenters.